The second-order valence-electron chi connectivity index (χ2n) is 7.70. The Morgan fingerprint density at radius 3 is 2.58 bits per heavy atom. The van der Waals surface area contributed by atoms with Crippen LogP contribution in [0.3, 0.4) is 0 Å². The van der Waals surface area contributed by atoms with Crippen LogP contribution >= 0.6 is 0 Å². The molecule has 0 aromatic rings. The van der Waals surface area contributed by atoms with Crippen molar-refractivity contribution < 1.29 is 14.3 Å². The van der Waals surface area contributed by atoms with Crippen LogP contribution in [0.4, 0.5) is 0 Å². The molecule has 6 nitrogen and oxygen atoms in total. The summed E-state index contributed by atoms with van der Waals surface area (Å²) in [5.74, 6) is 1.14. The van der Waals surface area contributed by atoms with Gasteiger partial charge in [-0.15, -0.1) is 0 Å². The fourth-order valence-corrected chi connectivity index (χ4v) is 4.16. The molecule has 2 heterocycles. The molecule has 1 N–H and O–H groups in total. The first kappa shape index (κ1) is 17.7. The molecule has 1 aliphatic carbocycles. The number of rotatable bonds is 4. The molecule has 0 spiro atoms. The van der Waals surface area contributed by atoms with Crippen LogP contribution in [0.1, 0.15) is 39.0 Å². The third kappa shape index (κ3) is 4.70. The highest BCUT2D eigenvalue weighted by Gasteiger charge is 2.30. The lowest BCUT2D eigenvalue weighted by Crippen LogP contribution is -2.53. The average molecular weight is 337 g/mol. The van der Waals surface area contributed by atoms with E-state index >= 15 is 0 Å². The molecule has 3 aliphatic rings. The maximum Gasteiger partial charge on any atom is 0.234 e. The molecule has 0 bridgehead atoms. The van der Waals surface area contributed by atoms with Gasteiger partial charge in [-0.2, -0.15) is 0 Å². The van der Waals surface area contributed by atoms with Crippen LogP contribution in [0.25, 0.3) is 0 Å². The average Bonchev–Trinajstić information content (AvgIpc) is 3.09. The zero-order valence-electron chi connectivity index (χ0n) is 14.8. The second kappa shape index (κ2) is 8.30. The lowest BCUT2D eigenvalue weighted by molar-refractivity contribution is -0.137. The molecule has 0 unspecified atom stereocenters. The molecule has 2 aliphatic heterocycles. The molecular weight excluding hydrogens is 306 g/mol. The zero-order chi connectivity index (χ0) is 16.9. The molecule has 0 radical (unpaired) electrons. The molecule has 2 saturated heterocycles. The van der Waals surface area contributed by atoms with Crippen LogP contribution in [0.2, 0.25) is 0 Å². The molecule has 0 aromatic carbocycles. The van der Waals surface area contributed by atoms with E-state index < -0.39 is 0 Å². The van der Waals surface area contributed by atoms with E-state index in [0.717, 1.165) is 51.4 Å². The van der Waals surface area contributed by atoms with Crippen molar-refractivity contribution in [3.05, 3.63) is 0 Å². The number of nitrogens with zero attached hydrogens (tertiary/aromatic N) is 2. The van der Waals surface area contributed by atoms with Crippen molar-refractivity contribution >= 4 is 11.8 Å². The van der Waals surface area contributed by atoms with Crippen molar-refractivity contribution in [1.29, 1.82) is 0 Å². The van der Waals surface area contributed by atoms with Gasteiger partial charge < -0.3 is 15.0 Å². The summed E-state index contributed by atoms with van der Waals surface area (Å²) in [6.07, 6.45) is 5.58. The van der Waals surface area contributed by atoms with E-state index in [-0.39, 0.29) is 17.7 Å². The molecule has 3 rings (SSSR count). The topological polar surface area (TPSA) is 61.9 Å². The van der Waals surface area contributed by atoms with E-state index in [1.54, 1.807) is 0 Å². The smallest absolute Gasteiger partial charge is 0.234 e. The normalized spacial score (nSPS) is 31.9. The molecule has 3 fully saturated rings. The Morgan fingerprint density at radius 2 is 1.92 bits per heavy atom. The SMILES string of the molecule is C[C@@H]1CCC[C@@H](NC(=O)CN2CCN(C(=O)[C@@H]3CCOC3)CC2)C1. The van der Waals surface area contributed by atoms with E-state index in [2.05, 4.69) is 17.1 Å². The van der Waals surface area contributed by atoms with Crippen LogP contribution in [0, 0.1) is 11.8 Å². The van der Waals surface area contributed by atoms with Crippen molar-refractivity contribution in [3.8, 4) is 0 Å². The Morgan fingerprint density at radius 1 is 1.12 bits per heavy atom. The van der Waals surface area contributed by atoms with Crippen molar-refractivity contribution in [1.82, 2.24) is 15.1 Å². The third-order valence-electron chi connectivity index (χ3n) is 5.63. The van der Waals surface area contributed by atoms with Gasteiger partial charge in [-0.25, -0.2) is 0 Å². The first-order valence-corrected chi connectivity index (χ1v) is 9.50. The monoisotopic (exact) mass is 337 g/mol. The lowest BCUT2D eigenvalue weighted by Gasteiger charge is -2.36. The number of carbonyl (C=O) groups is 2. The van der Waals surface area contributed by atoms with Gasteiger partial charge in [0.2, 0.25) is 11.8 Å². The summed E-state index contributed by atoms with van der Waals surface area (Å²) in [6, 6.07) is 0.353. The number of hydrogen-bond acceptors (Lipinski definition) is 4. The van der Waals surface area contributed by atoms with E-state index in [1.807, 2.05) is 4.90 Å². The molecule has 1 saturated carbocycles. The number of hydrogen-bond donors (Lipinski definition) is 1. The third-order valence-corrected chi connectivity index (χ3v) is 5.63. The van der Waals surface area contributed by atoms with Gasteiger partial charge in [-0.3, -0.25) is 14.5 Å². The van der Waals surface area contributed by atoms with Crippen molar-refractivity contribution in [2.24, 2.45) is 11.8 Å². The fraction of sp³-hybridized carbons (Fsp3) is 0.889. The number of piperazine rings is 1. The highest BCUT2D eigenvalue weighted by molar-refractivity contribution is 5.80. The van der Waals surface area contributed by atoms with E-state index in [0.29, 0.717) is 25.8 Å². The van der Waals surface area contributed by atoms with Gasteiger partial charge in [0.15, 0.2) is 0 Å². The second-order valence-corrected chi connectivity index (χ2v) is 7.70. The van der Waals surface area contributed by atoms with Crippen LogP contribution in [0.5, 0.6) is 0 Å². The number of nitrogens with one attached hydrogen (secondary N) is 1. The molecule has 3 atom stereocenters. The van der Waals surface area contributed by atoms with Crippen LogP contribution in [-0.4, -0.2) is 73.6 Å². The van der Waals surface area contributed by atoms with Gasteiger partial charge in [0.1, 0.15) is 0 Å². The maximum absolute atomic E-state index is 12.4. The summed E-state index contributed by atoms with van der Waals surface area (Å²) in [5.41, 5.74) is 0. The van der Waals surface area contributed by atoms with Gasteiger partial charge in [0.05, 0.1) is 19.1 Å². The Labute approximate surface area is 144 Å². The first-order chi connectivity index (χ1) is 11.6. The van der Waals surface area contributed by atoms with Gasteiger partial charge in [-0.1, -0.05) is 19.8 Å². The summed E-state index contributed by atoms with van der Waals surface area (Å²) in [6.45, 7) is 7.02. The largest absolute Gasteiger partial charge is 0.381 e. The quantitative estimate of drug-likeness (QED) is 0.827. The van der Waals surface area contributed by atoms with E-state index in [1.165, 1.54) is 12.8 Å². The van der Waals surface area contributed by atoms with Crippen molar-refractivity contribution in [2.45, 2.75) is 45.1 Å². The van der Waals surface area contributed by atoms with E-state index in [9.17, 15) is 9.59 Å². The Balaban J connectivity index is 1.37. The van der Waals surface area contributed by atoms with Gasteiger partial charge in [0.25, 0.3) is 0 Å². The highest BCUT2D eigenvalue weighted by atomic mass is 16.5. The first-order valence-electron chi connectivity index (χ1n) is 9.50. The van der Waals surface area contributed by atoms with Crippen LogP contribution in [-0.2, 0) is 14.3 Å². The number of ether oxygens (including phenoxy) is 1. The summed E-state index contributed by atoms with van der Waals surface area (Å²) < 4.78 is 5.31. The Kier molecular flexibility index (Phi) is 6.11. The predicted octanol–water partition coefficient (Wildman–Crippen LogP) is 0.862. The van der Waals surface area contributed by atoms with Gasteiger partial charge in [-0.05, 0) is 25.2 Å². The minimum atomic E-state index is 0.0492. The minimum Gasteiger partial charge on any atom is -0.381 e. The van der Waals surface area contributed by atoms with Gasteiger partial charge in [0, 0.05) is 38.8 Å². The highest BCUT2D eigenvalue weighted by Crippen LogP contribution is 2.23. The van der Waals surface area contributed by atoms with Crippen molar-refractivity contribution in [2.75, 3.05) is 45.9 Å². The molecule has 2 amide bonds. The molecule has 24 heavy (non-hydrogen) atoms. The molecule has 0 aromatic heterocycles. The Bertz CT molecular complexity index is 443. The van der Waals surface area contributed by atoms with Gasteiger partial charge >= 0.3 is 0 Å². The number of amides is 2. The standard InChI is InChI=1S/C18H31N3O3/c1-14-3-2-4-16(11-14)19-17(22)12-20-6-8-21(9-7-20)18(23)15-5-10-24-13-15/h14-16H,2-13H2,1H3,(H,19,22)/t14-,15-,16-/m1/s1. The molecular formula is C18H31N3O3. The van der Waals surface area contributed by atoms with Crippen molar-refractivity contribution in [3.63, 3.8) is 0 Å². The molecule has 136 valence electrons. The minimum absolute atomic E-state index is 0.0492. The zero-order valence-corrected chi connectivity index (χ0v) is 14.8. The molecule has 6 heteroatoms. The Hall–Kier alpha value is -1.14. The van der Waals surface area contributed by atoms with E-state index in [4.69, 9.17) is 4.74 Å². The maximum atomic E-state index is 12.4. The lowest BCUT2D eigenvalue weighted by atomic mass is 9.87. The van der Waals surface area contributed by atoms with Crippen LogP contribution < -0.4 is 5.32 Å². The fourth-order valence-electron chi connectivity index (χ4n) is 4.16. The summed E-state index contributed by atoms with van der Waals surface area (Å²) in [5, 5.41) is 3.20. The summed E-state index contributed by atoms with van der Waals surface area (Å²) >= 11 is 0. The predicted molar refractivity (Wildman–Crippen MR) is 91.5 cm³/mol. The number of carbonyl (C=O) groups excluding carboxylic acids is 2. The van der Waals surface area contributed by atoms with Crippen LogP contribution in [0.15, 0.2) is 0 Å². The summed E-state index contributed by atoms with van der Waals surface area (Å²) in [7, 11) is 0. The summed E-state index contributed by atoms with van der Waals surface area (Å²) in [4.78, 5) is 28.7.